The van der Waals surface area contributed by atoms with Gasteiger partial charge in [-0.05, 0) is 12.3 Å². The van der Waals surface area contributed by atoms with Crippen molar-refractivity contribution in [1.29, 1.82) is 0 Å². The Labute approximate surface area is 74.7 Å². The molecule has 0 rings (SSSR count). The fourth-order valence-corrected chi connectivity index (χ4v) is 0.729. The number of aliphatic hydroxyl groups excluding tert-OH is 1. The summed E-state index contributed by atoms with van der Waals surface area (Å²) in [6, 6.07) is 0. The van der Waals surface area contributed by atoms with E-state index in [9.17, 15) is 0 Å². The lowest BCUT2D eigenvalue weighted by Gasteiger charge is -2.12. The van der Waals surface area contributed by atoms with Crippen molar-refractivity contribution in [3.05, 3.63) is 0 Å². The number of hydrogen-bond acceptors (Lipinski definition) is 3. The predicted molar refractivity (Wildman–Crippen MR) is 48.2 cm³/mol. The van der Waals surface area contributed by atoms with Gasteiger partial charge in [-0.3, -0.25) is 0 Å². The summed E-state index contributed by atoms with van der Waals surface area (Å²) in [6.07, 6.45) is 0.888. The van der Waals surface area contributed by atoms with E-state index >= 15 is 0 Å². The monoisotopic (exact) mass is 176 g/mol. The van der Waals surface area contributed by atoms with Gasteiger partial charge < -0.3 is 14.6 Å². The van der Waals surface area contributed by atoms with Gasteiger partial charge in [0.05, 0.1) is 13.2 Å². The molecule has 0 heterocycles. The molecular weight excluding hydrogens is 156 g/mol. The van der Waals surface area contributed by atoms with Crippen molar-refractivity contribution in [3.8, 4) is 0 Å². The summed E-state index contributed by atoms with van der Waals surface area (Å²) in [4.78, 5) is 0. The summed E-state index contributed by atoms with van der Waals surface area (Å²) in [5.74, 6) is 0.667. The molecule has 0 aliphatic carbocycles. The molecule has 0 aliphatic rings. The quantitative estimate of drug-likeness (QED) is 0.589. The third-order valence-corrected chi connectivity index (χ3v) is 1.68. The van der Waals surface area contributed by atoms with Gasteiger partial charge in [-0.25, -0.2) is 0 Å². The van der Waals surface area contributed by atoms with Crippen LogP contribution in [0.2, 0.25) is 0 Å². The first-order chi connectivity index (χ1) is 5.70. The van der Waals surface area contributed by atoms with Crippen molar-refractivity contribution in [2.24, 2.45) is 5.92 Å². The Balaban J connectivity index is 3.17. The highest BCUT2D eigenvalue weighted by molar-refractivity contribution is 4.52. The number of methoxy groups -OCH3 is 1. The molecule has 0 aromatic heterocycles. The van der Waals surface area contributed by atoms with Crippen molar-refractivity contribution in [3.63, 3.8) is 0 Å². The minimum Gasteiger partial charge on any atom is -0.394 e. The molecule has 0 aliphatic heterocycles. The maximum absolute atomic E-state index is 8.73. The van der Waals surface area contributed by atoms with Crippen molar-refractivity contribution < 1.29 is 14.6 Å². The van der Waals surface area contributed by atoms with Gasteiger partial charge in [0.2, 0.25) is 0 Å². The van der Waals surface area contributed by atoms with Crippen LogP contribution in [-0.4, -0.2) is 38.1 Å². The molecule has 12 heavy (non-hydrogen) atoms. The van der Waals surface area contributed by atoms with E-state index in [1.807, 2.05) is 0 Å². The van der Waals surface area contributed by atoms with E-state index in [0.29, 0.717) is 12.5 Å². The molecule has 0 aromatic rings. The number of rotatable bonds is 7. The molecule has 0 bridgehead atoms. The van der Waals surface area contributed by atoms with Crippen molar-refractivity contribution in [2.45, 2.75) is 26.4 Å². The average molecular weight is 176 g/mol. The van der Waals surface area contributed by atoms with Gasteiger partial charge in [0.1, 0.15) is 6.10 Å². The molecule has 0 aromatic carbocycles. The first-order valence-electron chi connectivity index (χ1n) is 4.42. The summed E-state index contributed by atoms with van der Waals surface area (Å²) < 4.78 is 10.2. The van der Waals surface area contributed by atoms with E-state index < -0.39 is 0 Å². The predicted octanol–water partition coefficient (Wildman–Crippen LogP) is 1.06. The van der Waals surface area contributed by atoms with E-state index in [0.717, 1.165) is 13.0 Å². The fraction of sp³-hybridized carbons (Fsp3) is 1.00. The van der Waals surface area contributed by atoms with E-state index in [-0.39, 0.29) is 12.7 Å². The molecule has 0 amide bonds. The lowest BCUT2D eigenvalue weighted by atomic mass is 10.1. The molecule has 0 saturated heterocycles. The third-order valence-electron chi connectivity index (χ3n) is 1.68. The number of hydrogen-bond donors (Lipinski definition) is 1. The first kappa shape index (κ1) is 11.9. The van der Waals surface area contributed by atoms with E-state index in [1.54, 1.807) is 7.11 Å². The molecule has 0 spiro atoms. The standard InChI is InChI=1S/C9H20O3/c1-8(2)4-5-12-7-9(6-10)11-3/h8-10H,4-7H2,1-3H3. The summed E-state index contributed by atoms with van der Waals surface area (Å²) >= 11 is 0. The molecule has 1 unspecified atom stereocenters. The Bertz CT molecular complexity index is 89.8. The molecule has 74 valence electrons. The highest BCUT2D eigenvalue weighted by Gasteiger charge is 2.04. The van der Waals surface area contributed by atoms with Crippen LogP contribution in [0, 0.1) is 5.92 Å². The molecule has 3 nitrogen and oxygen atoms in total. The average Bonchev–Trinajstić information content (AvgIpc) is 2.04. The second-order valence-electron chi connectivity index (χ2n) is 3.30. The van der Waals surface area contributed by atoms with Gasteiger partial charge >= 0.3 is 0 Å². The van der Waals surface area contributed by atoms with Crippen LogP contribution in [0.15, 0.2) is 0 Å². The van der Waals surface area contributed by atoms with E-state index in [2.05, 4.69) is 13.8 Å². The molecule has 3 heteroatoms. The number of aliphatic hydroxyl groups is 1. The second-order valence-corrected chi connectivity index (χ2v) is 3.30. The topological polar surface area (TPSA) is 38.7 Å². The molecule has 1 atom stereocenters. The fourth-order valence-electron chi connectivity index (χ4n) is 0.729. The Kier molecular flexibility index (Phi) is 7.45. The van der Waals surface area contributed by atoms with Gasteiger partial charge in [0.15, 0.2) is 0 Å². The van der Waals surface area contributed by atoms with Crippen LogP contribution in [0.5, 0.6) is 0 Å². The minimum absolute atomic E-state index is 0.0260. The Morgan fingerprint density at radius 3 is 2.42 bits per heavy atom. The highest BCUT2D eigenvalue weighted by atomic mass is 16.5. The normalized spacial score (nSPS) is 13.8. The lowest BCUT2D eigenvalue weighted by molar-refractivity contribution is -0.0217. The largest absolute Gasteiger partial charge is 0.394 e. The van der Waals surface area contributed by atoms with Crippen LogP contribution in [0.4, 0.5) is 0 Å². The van der Waals surface area contributed by atoms with Crippen LogP contribution in [0.3, 0.4) is 0 Å². The zero-order valence-electron chi connectivity index (χ0n) is 8.25. The summed E-state index contributed by atoms with van der Waals surface area (Å²) in [5.41, 5.74) is 0. The van der Waals surface area contributed by atoms with E-state index in [4.69, 9.17) is 14.6 Å². The van der Waals surface area contributed by atoms with Gasteiger partial charge in [-0.15, -0.1) is 0 Å². The first-order valence-corrected chi connectivity index (χ1v) is 4.42. The maximum Gasteiger partial charge on any atom is 0.103 e. The summed E-state index contributed by atoms with van der Waals surface area (Å²) in [5, 5.41) is 8.73. The van der Waals surface area contributed by atoms with Crippen LogP contribution in [-0.2, 0) is 9.47 Å². The molecule has 0 fully saturated rings. The van der Waals surface area contributed by atoms with Gasteiger partial charge in [-0.1, -0.05) is 13.8 Å². The molecule has 1 N–H and O–H groups in total. The van der Waals surface area contributed by atoms with Crippen molar-refractivity contribution in [1.82, 2.24) is 0 Å². The highest BCUT2D eigenvalue weighted by Crippen LogP contribution is 1.99. The smallest absolute Gasteiger partial charge is 0.103 e. The zero-order valence-corrected chi connectivity index (χ0v) is 8.25. The van der Waals surface area contributed by atoms with E-state index in [1.165, 1.54) is 0 Å². The van der Waals surface area contributed by atoms with Crippen LogP contribution in [0.25, 0.3) is 0 Å². The SMILES string of the molecule is COC(CO)COCCC(C)C. The second kappa shape index (κ2) is 7.53. The van der Waals surface area contributed by atoms with Crippen molar-refractivity contribution in [2.75, 3.05) is 26.9 Å². The molecular formula is C9H20O3. The maximum atomic E-state index is 8.73. The van der Waals surface area contributed by atoms with Crippen LogP contribution >= 0.6 is 0 Å². The molecule has 0 saturated carbocycles. The third kappa shape index (κ3) is 6.58. The number of ether oxygens (including phenoxy) is 2. The van der Waals surface area contributed by atoms with Gasteiger partial charge in [0, 0.05) is 13.7 Å². The Morgan fingerprint density at radius 1 is 1.33 bits per heavy atom. The zero-order chi connectivity index (χ0) is 9.40. The van der Waals surface area contributed by atoms with Crippen molar-refractivity contribution >= 4 is 0 Å². The van der Waals surface area contributed by atoms with Gasteiger partial charge in [0.25, 0.3) is 0 Å². The lowest BCUT2D eigenvalue weighted by Crippen LogP contribution is -2.22. The van der Waals surface area contributed by atoms with Gasteiger partial charge in [-0.2, -0.15) is 0 Å². The minimum atomic E-state index is -0.169. The summed E-state index contributed by atoms with van der Waals surface area (Å²) in [6.45, 7) is 5.57. The Hall–Kier alpha value is -0.120. The Morgan fingerprint density at radius 2 is 2.00 bits per heavy atom. The summed E-state index contributed by atoms with van der Waals surface area (Å²) in [7, 11) is 1.58. The molecule has 0 radical (unpaired) electrons. The van der Waals surface area contributed by atoms with Crippen LogP contribution in [0.1, 0.15) is 20.3 Å². The van der Waals surface area contributed by atoms with Crippen LogP contribution < -0.4 is 0 Å².